The van der Waals surface area contributed by atoms with Crippen LogP contribution in [0.2, 0.25) is 0 Å². The van der Waals surface area contributed by atoms with E-state index in [1.807, 2.05) is 31.2 Å². The second-order valence-corrected chi connectivity index (χ2v) is 5.39. The van der Waals surface area contributed by atoms with Crippen molar-refractivity contribution in [2.75, 3.05) is 6.79 Å². The quantitative estimate of drug-likeness (QED) is 0.688. The Morgan fingerprint density at radius 3 is 2.75 bits per heavy atom. The SMILES string of the molecule is Cc1ccccc1C1=N[C@@H](c2cc3c(cc2[N+](=O)[O-])OCO3)ON1. The Hall–Kier alpha value is -3.13. The average molecular weight is 327 g/mol. The van der Waals surface area contributed by atoms with Gasteiger partial charge in [-0.25, -0.2) is 15.3 Å². The molecule has 8 nitrogen and oxygen atoms in total. The number of nitrogens with one attached hydrogen (secondary N) is 1. The lowest BCUT2D eigenvalue weighted by molar-refractivity contribution is -0.386. The van der Waals surface area contributed by atoms with Crippen LogP contribution in [0.15, 0.2) is 41.4 Å². The highest BCUT2D eigenvalue weighted by Crippen LogP contribution is 2.41. The number of nitro groups is 1. The molecule has 0 fully saturated rings. The van der Waals surface area contributed by atoms with Crippen molar-refractivity contribution < 1.29 is 19.2 Å². The number of nitro benzene ring substituents is 1. The number of ether oxygens (including phenoxy) is 2. The summed E-state index contributed by atoms with van der Waals surface area (Å²) in [6, 6.07) is 10.6. The first-order valence-corrected chi connectivity index (χ1v) is 7.27. The number of aryl methyl sites for hydroxylation is 1. The molecule has 0 unspecified atom stereocenters. The van der Waals surface area contributed by atoms with E-state index in [-0.39, 0.29) is 12.5 Å². The van der Waals surface area contributed by atoms with E-state index in [9.17, 15) is 10.1 Å². The molecule has 0 spiro atoms. The van der Waals surface area contributed by atoms with E-state index in [0.717, 1.165) is 11.1 Å². The molecule has 2 aromatic carbocycles. The summed E-state index contributed by atoms with van der Waals surface area (Å²) in [7, 11) is 0. The molecule has 0 aromatic heterocycles. The fraction of sp³-hybridized carbons (Fsp3) is 0.188. The first-order chi connectivity index (χ1) is 11.6. The third-order valence-electron chi connectivity index (χ3n) is 3.90. The number of hydrogen-bond donors (Lipinski definition) is 1. The number of hydrogen-bond acceptors (Lipinski definition) is 7. The fourth-order valence-electron chi connectivity index (χ4n) is 2.68. The van der Waals surface area contributed by atoms with Crippen LogP contribution in [-0.4, -0.2) is 17.6 Å². The molecule has 2 aliphatic rings. The zero-order chi connectivity index (χ0) is 16.7. The van der Waals surface area contributed by atoms with Gasteiger partial charge in [0.1, 0.15) is 0 Å². The summed E-state index contributed by atoms with van der Waals surface area (Å²) in [6.45, 7) is 1.99. The Balaban J connectivity index is 1.75. The Kier molecular flexibility index (Phi) is 3.31. The van der Waals surface area contributed by atoms with Crippen LogP contribution in [0, 0.1) is 17.0 Å². The standard InChI is InChI=1S/C16H13N3O5/c1-9-4-2-3-5-10(9)15-17-16(24-18-15)11-6-13-14(23-8-22-13)7-12(11)19(20)21/h2-7,16H,8H2,1H3,(H,17,18)/t16-/m1/s1. The number of rotatable bonds is 3. The van der Waals surface area contributed by atoms with E-state index in [0.29, 0.717) is 22.9 Å². The van der Waals surface area contributed by atoms with Crippen molar-refractivity contribution in [3.63, 3.8) is 0 Å². The molecule has 4 rings (SSSR count). The van der Waals surface area contributed by atoms with Crippen LogP contribution in [0.3, 0.4) is 0 Å². The predicted molar refractivity (Wildman–Crippen MR) is 83.9 cm³/mol. The second-order valence-electron chi connectivity index (χ2n) is 5.39. The lowest BCUT2D eigenvalue weighted by atomic mass is 10.1. The zero-order valence-electron chi connectivity index (χ0n) is 12.7. The highest BCUT2D eigenvalue weighted by Gasteiger charge is 2.32. The number of hydroxylamine groups is 1. The number of fused-ring (bicyclic) bond motifs is 1. The number of nitrogens with zero attached hydrogens (tertiary/aromatic N) is 2. The molecule has 2 aliphatic heterocycles. The summed E-state index contributed by atoms with van der Waals surface area (Å²) in [5, 5.41) is 11.4. The van der Waals surface area contributed by atoms with Crippen LogP contribution in [0.5, 0.6) is 11.5 Å². The summed E-state index contributed by atoms with van der Waals surface area (Å²) in [4.78, 5) is 20.8. The van der Waals surface area contributed by atoms with Crippen molar-refractivity contribution >= 4 is 11.5 Å². The van der Waals surface area contributed by atoms with Crippen molar-refractivity contribution in [2.24, 2.45) is 4.99 Å². The van der Waals surface area contributed by atoms with Gasteiger partial charge in [0.2, 0.25) is 13.0 Å². The Morgan fingerprint density at radius 1 is 1.25 bits per heavy atom. The Labute approximate surface area is 136 Å². The minimum absolute atomic E-state index is 0.0391. The summed E-state index contributed by atoms with van der Waals surface area (Å²) in [6.07, 6.45) is -0.838. The van der Waals surface area contributed by atoms with Gasteiger partial charge in [-0.1, -0.05) is 24.3 Å². The average Bonchev–Trinajstić information content (AvgIpc) is 3.22. The maximum Gasteiger partial charge on any atom is 0.281 e. The molecular weight excluding hydrogens is 314 g/mol. The van der Waals surface area contributed by atoms with Gasteiger partial charge >= 0.3 is 0 Å². The smallest absolute Gasteiger partial charge is 0.281 e. The highest BCUT2D eigenvalue weighted by molar-refractivity contribution is 6.00. The lowest BCUT2D eigenvalue weighted by Gasteiger charge is -2.08. The largest absolute Gasteiger partial charge is 0.454 e. The van der Waals surface area contributed by atoms with Gasteiger partial charge in [0.15, 0.2) is 17.3 Å². The van der Waals surface area contributed by atoms with Gasteiger partial charge in [0.25, 0.3) is 5.69 Å². The molecule has 0 saturated carbocycles. The van der Waals surface area contributed by atoms with Crippen LogP contribution in [0.1, 0.15) is 22.9 Å². The molecule has 8 heteroatoms. The van der Waals surface area contributed by atoms with Crippen LogP contribution in [0.25, 0.3) is 0 Å². The molecule has 0 aliphatic carbocycles. The molecule has 1 N–H and O–H groups in total. The van der Waals surface area contributed by atoms with Crippen LogP contribution >= 0.6 is 0 Å². The van der Waals surface area contributed by atoms with Crippen molar-refractivity contribution in [1.29, 1.82) is 0 Å². The summed E-state index contributed by atoms with van der Waals surface area (Å²) < 4.78 is 10.5. The van der Waals surface area contributed by atoms with Crippen molar-refractivity contribution in [1.82, 2.24) is 5.48 Å². The zero-order valence-corrected chi connectivity index (χ0v) is 12.7. The van der Waals surface area contributed by atoms with Gasteiger partial charge < -0.3 is 9.47 Å². The van der Waals surface area contributed by atoms with E-state index in [4.69, 9.17) is 14.3 Å². The maximum absolute atomic E-state index is 11.4. The summed E-state index contributed by atoms with van der Waals surface area (Å²) >= 11 is 0. The molecular formula is C16H13N3O5. The minimum Gasteiger partial charge on any atom is -0.454 e. The number of aliphatic imine (C=N–C) groups is 1. The predicted octanol–water partition coefficient (Wildman–Crippen LogP) is 2.61. The Bertz CT molecular complexity index is 865. The first-order valence-electron chi connectivity index (χ1n) is 7.27. The van der Waals surface area contributed by atoms with Crippen molar-refractivity contribution in [3.05, 3.63) is 63.2 Å². The van der Waals surface area contributed by atoms with Gasteiger partial charge in [0.05, 0.1) is 16.6 Å². The molecule has 0 radical (unpaired) electrons. The lowest BCUT2D eigenvalue weighted by Crippen LogP contribution is -2.19. The highest BCUT2D eigenvalue weighted by atomic mass is 16.7. The van der Waals surface area contributed by atoms with Crippen molar-refractivity contribution in [2.45, 2.75) is 13.2 Å². The topological polar surface area (TPSA) is 95.2 Å². The van der Waals surface area contributed by atoms with Gasteiger partial charge in [-0.3, -0.25) is 10.1 Å². The van der Waals surface area contributed by atoms with E-state index < -0.39 is 11.2 Å². The molecule has 122 valence electrons. The van der Waals surface area contributed by atoms with Crippen LogP contribution < -0.4 is 15.0 Å². The second kappa shape index (κ2) is 5.50. The third-order valence-corrected chi connectivity index (χ3v) is 3.90. The monoisotopic (exact) mass is 327 g/mol. The summed E-state index contributed by atoms with van der Waals surface area (Å²) in [5.74, 6) is 1.32. The van der Waals surface area contributed by atoms with E-state index in [1.165, 1.54) is 12.1 Å². The molecule has 1 atom stereocenters. The van der Waals surface area contributed by atoms with E-state index >= 15 is 0 Å². The molecule has 0 bridgehead atoms. The fourth-order valence-corrected chi connectivity index (χ4v) is 2.68. The summed E-state index contributed by atoms with van der Waals surface area (Å²) in [5.41, 5.74) is 4.83. The molecule has 0 amide bonds. The number of amidine groups is 1. The molecule has 2 aromatic rings. The molecule has 2 heterocycles. The Morgan fingerprint density at radius 2 is 2.00 bits per heavy atom. The van der Waals surface area contributed by atoms with E-state index in [1.54, 1.807) is 0 Å². The third kappa shape index (κ3) is 2.33. The van der Waals surface area contributed by atoms with Gasteiger partial charge in [-0.15, -0.1) is 0 Å². The van der Waals surface area contributed by atoms with Gasteiger partial charge in [-0.05, 0) is 18.6 Å². The normalized spacial score (nSPS) is 18.2. The maximum atomic E-state index is 11.4. The first kappa shape index (κ1) is 14.5. The number of benzene rings is 2. The van der Waals surface area contributed by atoms with Crippen molar-refractivity contribution in [3.8, 4) is 11.5 Å². The minimum atomic E-state index is -0.838. The van der Waals surface area contributed by atoms with Crippen LogP contribution in [-0.2, 0) is 4.84 Å². The molecule has 24 heavy (non-hydrogen) atoms. The molecule has 0 saturated heterocycles. The van der Waals surface area contributed by atoms with E-state index in [2.05, 4.69) is 10.5 Å². The van der Waals surface area contributed by atoms with Crippen LogP contribution in [0.4, 0.5) is 5.69 Å². The van der Waals surface area contributed by atoms with Gasteiger partial charge in [-0.2, -0.15) is 0 Å². The van der Waals surface area contributed by atoms with Gasteiger partial charge in [0, 0.05) is 5.56 Å².